The lowest BCUT2D eigenvalue weighted by Gasteiger charge is -2.02. The molecule has 14 heavy (non-hydrogen) atoms. The maximum atomic E-state index is 4.37. The van der Waals surface area contributed by atoms with E-state index in [0.29, 0.717) is 0 Å². The standard InChI is InChI=1S/C10H17BrN2S/c1-4-5-6-14-7-9-10(11)8(2)12-13(9)3/h4-7H2,1-3H3. The molecule has 0 saturated heterocycles. The van der Waals surface area contributed by atoms with Crippen LogP contribution in [0.4, 0.5) is 0 Å². The number of rotatable bonds is 5. The zero-order valence-electron chi connectivity index (χ0n) is 9.01. The zero-order valence-corrected chi connectivity index (χ0v) is 11.4. The molecule has 0 amide bonds. The van der Waals surface area contributed by atoms with Crippen LogP contribution in [0.5, 0.6) is 0 Å². The molecule has 0 aliphatic rings. The van der Waals surface area contributed by atoms with Crippen molar-refractivity contribution in [3.05, 3.63) is 15.9 Å². The molecule has 2 nitrogen and oxygen atoms in total. The van der Waals surface area contributed by atoms with E-state index in [1.54, 1.807) is 0 Å². The first-order valence-corrected chi connectivity index (χ1v) is 6.87. The third kappa shape index (κ3) is 3.02. The van der Waals surface area contributed by atoms with Crippen LogP contribution >= 0.6 is 27.7 Å². The first kappa shape index (κ1) is 12.1. The maximum Gasteiger partial charge on any atom is 0.0738 e. The van der Waals surface area contributed by atoms with Crippen molar-refractivity contribution >= 4 is 27.7 Å². The average Bonchev–Trinajstić information content (AvgIpc) is 2.38. The quantitative estimate of drug-likeness (QED) is 0.766. The van der Waals surface area contributed by atoms with Gasteiger partial charge in [0.2, 0.25) is 0 Å². The Morgan fingerprint density at radius 3 is 2.71 bits per heavy atom. The number of unbranched alkanes of at least 4 members (excludes halogenated alkanes) is 1. The number of nitrogens with zero attached hydrogens (tertiary/aromatic N) is 2. The minimum absolute atomic E-state index is 1.05. The fraction of sp³-hybridized carbons (Fsp3) is 0.700. The van der Waals surface area contributed by atoms with Gasteiger partial charge < -0.3 is 0 Å². The third-order valence-electron chi connectivity index (χ3n) is 2.14. The fourth-order valence-corrected chi connectivity index (χ4v) is 3.08. The zero-order chi connectivity index (χ0) is 10.6. The van der Waals surface area contributed by atoms with E-state index in [9.17, 15) is 0 Å². The predicted molar refractivity (Wildman–Crippen MR) is 66.7 cm³/mol. The second-order valence-electron chi connectivity index (χ2n) is 3.38. The van der Waals surface area contributed by atoms with E-state index >= 15 is 0 Å². The van der Waals surface area contributed by atoms with Gasteiger partial charge in [0.15, 0.2) is 0 Å². The summed E-state index contributed by atoms with van der Waals surface area (Å²) in [6.07, 6.45) is 2.58. The lowest BCUT2D eigenvalue weighted by Crippen LogP contribution is -1.97. The van der Waals surface area contributed by atoms with E-state index in [1.165, 1.54) is 28.8 Å². The lowest BCUT2D eigenvalue weighted by atomic mass is 10.4. The first-order valence-electron chi connectivity index (χ1n) is 4.92. The van der Waals surface area contributed by atoms with E-state index in [1.807, 2.05) is 30.4 Å². The van der Waals surface area contributed by atoms with Gasteiger partial charge in [-0.15, -0.1) is 0 Å². The monoisotopic (exact) mass is 276 g/mol. The van der Waals surface area contributed by atoms with Gasteiger partial charge in [-0.25, -0.2) is 0 Å². The number of aryl methyl sites for hydroxylation is 2. The van der Waals surface area contributed by atoms with E-state index in [-0.39, 0.29) is 0 Å². The minimum Gasteiger partial charge on any atom is -0.270 e. The van der Waals surface area contributed by atoms with Crippen LogP contribution in [0.25, 0.3) is 0 Å². The number of thioether (sulfide) groups is 1. The number of hydrogen-bond donors (Lipinski definition) is 0. The van der Waals surface area contributed by atoms with Crippen molar-refractivity contribution < 1.29 is 0 Å². The van der Waals surface area contributed by atoms with E-state index in [4.69, 9.17) is 0 Å². The van der Waals surface area contributed by atoms with Crippen LogP contribution in [0.2, 0.25) is 0 Å². The Hall–Kier alpha value is 0.0400. The highest BCUT2D eigenvalue weighted by molar-refractivity contribution is 9.10. The molecule has 0 aliphatic heterocycles. The van der Waals surface area contributed by atoms with Crippen LogP contribution < -0.4 is 0 Å². The molecule has 0 radical (unpaired) electrons. The largest absolute Gasteiger partial charge is 0.270 e. The first-order chi connectivity index (χ1) is 6.66. The van der Waals surface area contributed by atoms with Gasteiger partial charge in [-0.2, -0.15) is 16.9 Å². The molecule has 4 heteroatoms. The molecule has 0 bridgehead atoms. The average molecular weight is 277 g/mol. The van der Waals surface area contributed by atoms with Gasteiger partial charge in [0, 0.05) is 12.8 Å². The summed E-state index contributed by atoms with van der Waals surface area (Å²) in [4.78, 5) is 0. The molecule has 0 atom stereocenters. The molecule has 0 aromatic carbocycles. The second kappa shape index (κ2) is 5.81. The van der Waals surface area contributed by atoms with Crippen LogP contribution in [0.15, 0.2) is 4.47 Å². The topological polar surface area (TPSA) is 17.8 Å². The Morgan fingerprint density at radius 2 is 2.21 bits per heavy atom. The van der Waals surface area contributed by atoms with Crippen LogP contribution in [0.1, 0.15) is 31.2 Å². The maximum absolute atomic E-state index is 4.37. The van der Waals surface area contributed by atoms with Crippen LogP contribution in [0.3, 0.4) is 0 Å². The van der Waals surface area contributed by atoms with Crippen molar-refractivity contribution in [3.8, 4) is 0 Å². The SMILES string of the molecule is CCCCSCc1c(Br)c(C)nn1C. The van der Waals surface area contributed by atoms with Crippen molar-refractivity contribution in [2.45, 2.75) is 32.4 Å². The highest BCUT2D eigenvalue weighted by atomic mass is 79.9. The Labute approximate surface area is 98.6 Å². The number of halogens is 1. The molecule has 0 N–H and O–H groups in total. The van der Waals surface area contributed by atoms with Crippen LogP contribution in [-0.2, 0) is 12.8 Å². The van der Waals surface area contributed by atoms with Crippen molar-refractivity contribution in [2.75, 3.05) is 5.75 Å². The molecule has 0 unspecified atom stereocenters. The molecule has 0 spiro atoms. The van der Waals surface area contributed by atoms with Gasteiger partial charge in [0.1, 0.15) is 0 Å². The summed E-state index contributed by atoms with van der Waals surface area (Å²) in [5, 5.41) is 4.37. The van der Waals surface area contributed by atoms with E-state index in [2.05, 4.69) is 28.0 Å². The minimum atomic E-state index is 1.05. The summed E-state index contributed by atoms with van der Waals surface area (Å²) in [6, 6.07) is 0. The van der Waals surface area contributed by atoms with Crippen molar-refractivity contribution in [1.29, 1.82) is 0 Å². The molecule has 1 aromatic heterocycles. The van der Waals surface area contributed by atoms with Crippen molar-refractivity contribution in [3.63, 3.8) is 0 Å². The van der Waals surface area contributed by atoms with E-state index in [0.717, 1.165) is 11.4 Å². The predicted octanol–water partition coefficient (Wildman–Crippen LogP) is 3.52. The summed E-state index contributed by atoms with van der Waals surface area (Å²) in [7, 11) is 2.01. The Balaban J connectivity index is 2.49. The Morgan fingerprint density at radius 1 is 1.50 bits per heavy atom. The molecule has 1 rings (SSSR count). The van der Waals surface area contributed by atoms with Gasteiger partial charge in [-0.3, -0.25) is 4.68 Å². The van der Waals surface area contributed by atoms with Crippen LogP contribution in [-0.4, -0.2) is 15.5 Å². The normalized spacial score (nSPS) is 10.9. The van der Waals surface area contributed by atoms with Crippen molar-refractivity contribution in [2.24, 2.45) is 7.05 Å². The van der Waals surface area contributed by atoms with Gasteiger partial charge in [-0.05, 0) is 35.0 Å². The molecular weight excluding hydrogens is 260 g/mol. The molecular formula is C10H17BrN2S. The Bertz CT molecular complexity index is 297. The summed E-state index contributed by atoms with van der Waals surface area (Å²) in [5.74, 6) is 2.30. The van der Waals surface area contributed by atoms with Gasteiger partial charge in [0.25, 0.3) is 0 Å². The highest BCUT2D eigenvalue weighted by Gasteiger charge is 2.09. The molecule has 0 fully saturated rings. The summed E-state index contributed by atoms with van der Waals surface area (Å²) in [5.41, 5.74) is 2.38. The smallest absolute Gasteiger partial charge is 0.0738 e. The third-order valence-corrected chi connectivity index (χ3v) is 4.23. The lowest BCUT2D eigenvalue weighted by molar-refractivity contribution is 0.727. The summed E-state index contributed by atoms with van der Waals surface area (Å²) in [6.45, 7) is 4.26. The van der Waals surface area contributed by atoms with Crippen molar-refractivity contribution in [1.82, 2.24) is 9.78 Å². The molecule has 0 saturated carbocycles. The van der Waals surface area contributed by atoms with Gasteiger partial charge in [0.05, 0.1) is 15.9 Å². The molecule has 1 aromatic rings. The van der Waals surface area contributed by atoms with Gasteiger partial charge in [-0.1, -0.05) is 13.3 Å². The summed E-state index contributed by atoms with van der Waals surface area (Å²) < 4.78 is 3.14. The molecule has 80 valence electrons. The number of aromatic nitrogens is 2. The number of hydrogen-bond acceptors (Lipinski definition) is 2. The summed E-state index contributed by atoms with van der Waals surface area (Å²) >= 11 is 5.56. The highest BCUT2D eigenvalue weighted by Crippen LogP contribution is 2.24. The fourth-order valence-electron chi connectivity index (χ4n) is 1.25. The molecule has 0 aliphatic carbocycles. The second-order valence-corrected chi connectivity index (χ2v) is 5.27. The van der Waals surface area contributed by atoms with E-state index < -0.39 is 0 Å². The molecule has 1 heterocycles. The van der Waals surface area contributed by atoms with Crippen LogP contribution in [0, 0.1) is 6.92 Å². The van der Waals surface area contributed by atoms with Gasteiger partial charge >= 0.3 is 0 Å². The Kier molecular flexibility index (Phi) is 5.02.